The van der Waals surface area contributed by atoms with Crippen LogP contribution in [0.4, 0.5) is 0 Å². The Bertz CT molecular complexity index is 373. The fraction of sp³-hybridized carbons (Fsp3) is 0.462. The summed E-state index contributed by atoms with van der Waals surface area (Å²) in [6, 6.07) is 0.464. The Hall–Kier alpha value is -1.39. The summed E-state index contributed by atoms with van der Waals surface area (Å²) in [6.45, 7) is 11.3. The Labute approximate surface area is 102 Å². The second-order valence-electron chi connectivity index (χ2n) is 4.41. The maximum atomic E-state index is 4.35. The van der Waals surface area contributed by atoms with Crippen LogP contribution in [0, 0.1) is 0 Å². The van der Waals surface area contributed by atoms with E-state index in [9.17, 15) is 0 Å². The fourth-order valence-electron chi connectivity index (χ4n) is 2.26. The predicted molar refractivity (Wildman–Crippen MR) is 69.8 cm³/mol. The molecule has 0 radical (unpaired) electrons. The number of hydrogen-bond donors (Lipinski definition) is 2. The normalized spacial score (nSPS) is 19.0. The van der Waals surface area contributed by atoms with Crippen LogP contribution >= 0.6 is 0 Å². The van der Waals surface area contributed by atoms with E-state index in [0.29, 0.717) is 6.04 Å². The Morgan fingerprint density at radius 1 is 1.41 bits per heavy atom. The SMILES string of the molecule is C=CCN(CC=C)CC1Cc2nc[nH]c2CN1. The van der Waals surface area contributed by atoms with Crippen LogP contribution in [-0.4, -0.2) is 40.5 Å². The number of nitrogens with one attached hydrogen (secondary N) is 2. The largest absolute Gasteiger partial charge is 0.347 e. The van der Waals surface area contributed by atoms with Crippen molar-refractivity contribution in [2.45, 2.75) is 19.0 Å². The zero-order chi connectivity index (χ0) is 12.1. The molecule has 2 rings (SSSR count). The number of nitrogens with zero attached hydrogens (tertiary/aromatic N) is 2. The summed E-state index contributed by atoms with van der Waals surface area (Å²) < 4.78 is 0. The second kappa shape index (κ2) is 5.80. The molecule has 0 saturated heterocycles. The van der Waals surface area contributed by atoms with Gasteiger partial charge in [-0.25, -0.2) is 4.98 Å². The first-order valence-electron chi connectivity index (χ1n) is 6.02. The van der Waals surface area contributed by atoms with E-state index in [2.05, 4.69) is 33.3 Å². The molecule has 0 amide bonds. The summed E-state index contributed by atoms with van der Waals surface area (Å²) in [7, 11) is 0. The highest BCUT2D eigenvalue weighted by atomic mass is 15.1. The number of aromatic amines is 1. The van der Waals surface area contributed by atoms with Gasteiger partial charge in [-0.05, 0) is 0 Å². The van der Waals surface area contributed by atoms with Gasteiger partial charge in [0.25, 0.3) is 0 Å². The van der Waals surface area contributed by atoms with Gasteiger partial charge in [-0.2, -0.15) is 0 Å². The van der Waals surface area contributed by atoms with Crippen molar-refractivity contribution in [3.8, 4) is 0 Å². The smallest absolute Gasteiger partial charge is 0.0925 e. The molecule has 92 valence electrons. The van der Waals surface area contributed by atoms with E-state index in [1.165, 1.54) is 11.4 Å². The summed E-state index contributed by atoms with van der Waals surface area (Å²) in [5.74, 6) is 0. The van der Waals surface area contributed by atoms with Crippen LogP contribution in [-0.2, 0) is 13.0 Å². The van der Waals surface area contributed by atoms with Crippen LogP contribution < -0.4 is 5.32 Å². The molecule has 4 heteroatoms. The number of H-pyrrole nitrogens is 1. The molecule has 2 N–H and O–H groups in total. The van der Waals surface area contributed by atoms with Crippen LogP contribution in [0.1, 0.15) is 11.4 Å². The van der Waals surface area contributed by atoms with E-state index >= 15 is 0 Å². The predicted octanol–water partition coefficient (Wildman–Crippen LogP) is 1.10. The zero-order valence-corrected chi connectivity index (χ0v) is 10.2. The highest BCUT2D eigenvalue weighted by molar-refractivity contribution is 5.16. The third kappa shape index (κ3) is 3.05. The van der Waals surface area contributed by atoms with Gasteiger partial charge < -0.3 is 10.3 Å². The second-order valence-corrected chi connectivity index (χ2v) is 4.41. The van der Waals surface area contributed by atoms with Gasteiger partial charge in [0, 0.05) is 38.6 Å². The maximum absolute atomic E-state index is 4.35. The average Bonchev–Trinajstić information content (AvgIpc) is 2.77. The van der Waals surface area contributed by atoms with Crippen molar-refractivity contribution in [3.63, 3.8) is 0 Å². The molecule has 0 bridgehead atoms. The Kier molecular flexibility index (Phi) is 4.12. The Morgan fingerprint density at radius 3 is 2.88 bits per heavy atom. The minimum atomic E-state index is 0.464. The van der Waals surface area contributed by atoms with Crippen LogP contribution in [0.2, 0.25) is 0 Å². The molecule has 0 aromatic carbocycles. The lowest BCUT2D eigenvalue weighted by molar-refractivity contribution is 0.278. The van der Waals surface area contributed by atoms with Crippen molar-refractivity contribution in [2.75, 3.05) is 19.6 Å². The molecule has 17 heavy (non-hydrogen) atoms. The molecule has 1 aromatic rings. The van der Waals surface area contributed by atoms with Gasteiger partial charge in [-0.1, -0.05) is 12.2 Å². The van der Waals surface area contributed by atoms with E-state index in [1.807, 2.05) is 12.2 Å². The highest BCUT2D eigenvalue weighted by Gasteiger charge is 2.21. The first kappa shape index (κ1) is 12.1. The molecule has 1 aliphatic heterocycles. The molecule has 1 aromatic heterocycles. The van der Waals surface area contributed by atoms with Crippen LogP contribution in [0.15, 0.2) is 31.6 Å². The van der Waals surface area contributed by atoms with Gasteiger partial charge >= 0.3 is 0 Å². The van der Waals surface area contributed by atoms with Gasteiger partial charge in [-0.15, -0.1) is 13.2 Å². The van der Waals surface area contributed by atoms with Crippen molar-refractivity contribution >= 4 is 0 Å². The summed E-state index contributed by atoms with van der Waals surface area (Å²) in [5.41, 5.74) is 2.42. The van der Waals surface area contributed by atoms with E-state index < -0.39 is 0 Å². The summed E-state index contributed by atoms with van der Waals surface area (Å²) >= 11 is 0. The van der Waals surface area contributed by atoms with Crippen molar-refractivity contribution in [2.24, 2.45) is 0 Å². The number of aromatic nitrogens is 2. The van der Waals surface area contributed by atoms with Gasteiger partial charge in [0.2, 0.25) is 0 Å². The molecule has 0 spiro atoms. The molecule has 1 aliphatic rings. The average molecular weight is 232 g/mol. The quantitative estimate of drug-likeness (QED) is 0.722. The van der Waals surface area contributed by atoms with Crippen LogP contribution in [0.25, 0.3) is 0 Å². The van der Waals surface area contributed by atoms with E-state index in [4.69, 9.17) is 0 Å². The van der Waals surface area contributed by atoms with Gasteiger partial charge in [-0.3, -0.25) is 4.90 Å². The minimum Gasteiger partial charge on any atom is -0.347 e. The Morgan fingerprint density at radius 2 is 2.18 bits per heavy atom. The van der Waals surface area contributed by atoms with E-state index in [1.54, 1.807) is 6.33 Å². The standard InChI is InChI=1S/C13H20N4/c1-3-5-17(6-4-2)9-11-7-12-13(8-14-11)16-10-15-12/h3-4,10-11,14H,1-2,5-9H2,(H,15,16). The van der Waals surface area contributed by atoms with Gasteiger partial charge in [0.05, 0.1) is 17.7 Å². The third-order valence-corrected chi connectivity index (χ3v) is 3.07. The van der Waals surface area contributed by atoms with Crippen molar-refractivity contribution < 1.29 is 0 Å². The summed E-state index contributed by atoms with van der Waals surface area (Å²) in [6.07, 6.45) is 6.64. The lowest BCUT2D eigenvalue weighted by Gasteiger charge is -2.28. The van der Waals surface area contributed by atoms with Crippen molar-refractivity contribution in [1.29, 1.82) is 0 Å². The first-order valence-corrected chi connectivity index (χ1v) is 6.02. The molecule has 1 atom stereocenters. The van der Waals surface area contributed by atoms with Gasteiger partial charge in [0.1, 0.15) is 0 Å². The topological polar surface area (TPSA) is 44.0 Å². The Balaban J connectivity index is 1.91. The molecule has 0 fully saturated rings. The molecular formula is C13H20N4. The lowest BCUT2D eigenvalue weighted by Crippen LogP contribution is -2.44. The van der Waals surface area contributed by atoms with E-state index in [0.717, 1.165) is 32.6 Å². The molecule has 0 saturated carbocycles. The highest BCUT2D eigenvalue weighted by Crippen LogP contribution is 2.12. The van der Waals surface area contributed by atoms with Crippen LogP contribution in [0.5, 0.6) is 0 Å². The van der Waals surface area contributed by atoms with Crippen molar-refractivity contribution in [1.82, 2.24) is 20.2 Å². The molecule has 2 heterocycles. The minimum absolute atomic E-state index is 0.464. The molecule has 4 nitrogen and oxygen atoms in total. The lowest BCUT2D eigenvalue weighted by atomic mass is 10.0. The molecule has 0 aliphatic carbocycles. The third-order valence-electron chi connectivity index (χ3n) is 3.07. The number of rotatable bonds is 6. The van der Waals surface area contributed by atoms with Gasteiger partial charge in [0.15, 0.2) is 0 Å². The number of fused-ring (bicyclic) bond motifs is 1. The summed E-state index contributed by atoms with van der Waals surface area (Å²) in [4.78, 5) is 9.84. The zero-order valence-electron chi connectivity index (χ0n) is 10.2. The number of imidazole rings is 1. The first-order chi connectivity index (χ1) is 8.33. The maximum Gasteiger partial charge on any atom is 0.0925 e. The van der Waals surface area contributed by atoms with Crippen molar-refractivity contribution in [3.05, 3.63) is 43.0 Å². The summed E-state index contributed by atoms with van der Waals surface area (Å²) in [5, 5.41) is 3.53. The molecule has 1 unspecified atom stereocenters. The van der Waals surface area contributed by atoms with Crippen LogP contribution in [0.3, 0.4) is 0 Å². The fourth-order valence-corrected chi connectivity index (χ4v) is 2.26. The monoisotopic (exact) mass is 232 g/mol. The molecular weight excluding hydrogens is 212 g/mol. The van der Waals surface area contributed by atoms with E-state index in [-0.39, 0.29) is 0 Å². The number of hydrogen-bond acceptors (Lipinski definition) is 3.